The zero-order valence-corrected chi connectivity index (χ0v) is 11.0. The molecule has 5 nitrogen and oxygen atoms in total. The van der Waals surface area contributed by atoms with Crippen molar-refractivity contribution in [3.63, 3.8) is 0 Å². The van der Waals surface area contributed by atoms with Crippen molar-refractivity contribution in [1.82, 2.24) is 10.0 Å². The van der Waals surface area contributed by atoms with Gasteiger partial charge >= 0.3 is 0 Å². The Morgan fingerprint density at radius 3 is 2.53 bits per heavy atom. The van der Waals surface area contributed by atoms with E-state index in [1.54, 1.807) is 24.3 Å². The van der Waals surface area contributed by atoms with E-state index >= 15 is 0 Å². The molecule has 0 saturated carbocycles. The molecule has 0 saturated heterocycles. The summed E-state index contributed by atoms with van der Waals surface area (Å²) in [5, 5.41) is 2.60. The third-order valence-electron chi connectivity index (χ3n) is 1.92. The van der Waals surface area contributed by atoms with E-state index in [-0.39, 0.29) is 19.0 Å². The maximum absolute atomic E-state index is 11.7. The third-order valence-corrected chi connectivity index (χ3v) is 3.04. The molecule has 0 radical (unpaired) electrons. The molecule has 94 valence electrons. The third kappa shape index (κ3) is 5.20. The second-order valence-corrected chi connectivity index (χ2v) is 5.75. The summed E-state index contributed by atoms with van der Waals surface area (Å²) in [6.45, 7) is 0.396. The number of benzene rings is 1. The molecule has 17 heavy (non-hydrogen) atoms. The first-order valence-corrected chi connectivity index (χ1v) is 7.25. The molecule has 1 aromatic carbocycles. The lowest BCUT2D eigenvalue weighted by molar-refractivity contribution is 0.0951. The van der Waals surface area contributed by atoms with Crippen LogP contribution < -0.4 is 10.0 Å². The molecular formula is C10H14N2O3S2. The maximum atomic E-state index is 11.7. The number of hydrogen-bond donors (Lipinski definition) is 3. The summed E-state index contributed by atoms with van der Waals surface area (Å²) in [6.07, 6.45) is 1.07. The Kier molecular flexibility index (Phi) is 4.98. The number of thiol groups is 1. The fourth-order valence-corrected chi connectivity index (χ4v) is 1.91. The molecule has 0 atom stereocenters. The molecule has 7 heteroatoms. The Labute approximate surface area is 106 Å². The minimum Gasteiger partial charge on any atom is -0.351 e. The van der Waals surface area contributed by atoms with Gasteiger partial charge in [0.2, 0.25) is 10.0 Å². The Morgan fingerprint density at radius 1 is 1.29 bits per heavy atom. The molecule has 0 aliphatic carbocycles. The van der Waals surface area contributed by atoms with Gasteiger partial charge in [-0.3, -0.25) is 4.79 Å². The predicted molar refractivity (Wildman–Crippen MR) is 68.9 cm³/mol. The molecule has 1 amide bonds. The van der Waals surface area contributed by atoms with Crippen LogP contribution in [0.1, 0.15) is 10.4 Å². The maximum Gasteiger partial charge on any atom is 0.252 e. The van der Waals surface area contributed by atoms with Gasteiger partial charge in [-0.05, 0) is 12.1 Å². The first kappa shape index (κ1) is 14.0. The molecule has 0 aliphatic heterocycles. The molecule has 1 aromatic rings. The normalized spacial score (nSPS) is 11.2. The molecule has 0 fully saturated rings. The van der Waals surface area contributed by atoms with Crippen molar-refractivity contribution in [3.05, 3.63) is 29.8 Å². The van der Waals surface area contributed by atoms with Gasteiger partial charge in [-0.15, -0.1) is 12.6 Å². The highest BCUT2D eigenvalue weighted by molar-refractivity contribution is 7.88. The molecule has 0 spiro atoms. The van der Waals surface area contributed by atoms with E-state index in [0.29, 0.717) is 10.5 Å². The zero-order chi connectivity index (χ0) is 12.9. The minimum atomic E-state index is -3.21. The first-order valence-electron chi connectivity index (χ1n) is 4.91. The fourth-order valence-electron chi connectivity index (χ4n) is 1.17. The monoisotopic (exact) mass is 274 g/mol. The number of hydrogen-bond acceptors (Lipinski definition) is 4. The molecule has 1 rings (SSSR count). The van der Waals surface area contributed by atoms with Crippen LogP contribution in [0, 0.1) is 0 Å². The molecule has 0 aromatic heterocycles. The number of sulfonamides is 1. The molecule has 2 N–H and O–H groups in total. The van der Waals surface area contributed by atoms with E-state index in [1.807, 2.05) is 0 Å². The highest BCUT2D eigenvalue weighted by atomic mass is 32.2. The van der Waals surface area contributed by atoms with Crippen molar-refractivity contribution in [3.8, 4) is 0 Å². The Morgan fingerprint density at radius 2 is 1.94 bits per heavy atom. The van der Waals surface area contributed by atoms with Crippen LogP contribution in [0.2, 0.25) is 0 Å². The average molecular weight is 274 g/mol. The summed E-state index contributed by atoms with van der Waals surface area (Å²) in [6, 6.07) is 6.89. The van der Waals surface area contributed by atoms with Crippen LogP contribution in [0.5, 0.6) is 0 Å². The highest BCUT2D eigenvalue weighted by Gasteiger charge is 2.07. The second kappa shape index (κ2) is 6.04. The largest absolute Gasteiger partial charge is 0.351 e. The summed E-state index contributed by atoms with van der Waals surface area (Å²) in [5.41, 5.74) is 0.468. The van der Waals surface area contributed by atoms with Gasteiger partial charge in [-0.25, -0.2) is 13.1 Å². The minimum absolute atomic E-state index is 0.166. The number of amides is 1. The van der Waals surface area contributed by atoms with Crippen LogP contribution in [0.4, 0.5) is 0 Å². The number of rotatable bonds is 5. The van der Waals surface area contributed by atoms with Gasteiger partial charge in [0.25, 0.3) is 5.91 Å². The molecule has 0 aliphatic rings. The van der Waals surface area contributed by atoms with E-state index in [4.69, 9.17) is 0 Å². The molecule has 0 bridgehead atoms. The van der Waals surface area contributed by atoms with Crippen molar-refractivity contribution in [2.45, 2.75) is 4.90 Å². The smallest absolute Gasteiger partial charge is 0.252 e. The van der Waals surface area contributed by atoms with Gasteiger partial charge in [0.1, 0.15) is 0 Å². The summed E-state index contributed by atoms with van der Waals surface area (Å²) >= 11 is 4.16. The lowest BCUT2D eigenvalue weighted by Crippen LogP contribution is -2.34. The lowest BCUT2D eigenvalue weighted by Gasteiger charge is -2.07. The number of nitrogens with one attached hydrogen (secondary N) is 2. The van der Waals surface area contributed by atoms with Gasteiger partial charge in [0.05, 0.1) is 11.8 Å². The number of carbonyl (C=O) groups excluding carboxylic acids is 1. The van der Waals surface area contributed by atoms with E-state index in [0.717, 1.165) is 6.26 Å². The predicted octanol–water partition coefficient (Wildman–Crippen LogP) is 0.254. The van der Waals surface area contributed by atoms with Crippen LogP contribution in [0.3, 0.4) is 0 Å². The molecular weight excluding hydrogens is 260 g/mol. The van der Waals surface area contributed by atoms with Crippen LogP contribution in [-0.4, -0.2) is 33.7 Å². The fraction of sp³-hybridized carbons (Fsp3) is 0.300. The van der Waals surface area contributed by atoms with Gasteiger partial charge in [-0.1, -0.05) is 12.1 Å². The first-order chi connectivity index (χ1) is 7.90. The van der Waals surface area contributed by atoms with Crippen molar-refractivity contribution in [1.29, 1.82) is 0 Å². The lowest BCUT2D eigenvalue weighted by atomic mass is 10.2. The average Bonchev–Trinajstić information content (AvgIpc) is 2.23. The highest BCUT2D eigenvalue weighted by Crippen LogP contribution is 2.12. The van der Waals surface area contributed by atoms with Crippen LogP contribution in [0.25, 0.3) is 0 Å². The molecule has 0 unspecified atom stereocenters. The Bertz CT molecular complexity index is 500. The number of carbonyl (C=O) groups is 1. The van der Waals surface area contributed by atoms with E-state index in [1.165, 1.54) is 0 Å². The van der Waals surface area contributed by atoms with Gasteiger partial charge < -0.3 is 5.32 Å². The van der Waals surface area contributed by atoms with E-state index in [9.17, 15) is 13.2 Å². The van der Waals surface area contributed by atoms with E-state index < -0.39 is 10.0 Å². The summed E-state index contributed by atoms with van der Waals surface area (Å²) < 4.78 is 23.8. The van der Waals surface area contributed by atoms with Crippen molar-refractivity contribution >= 4 is 28.6 Å². The molecule has 0 heterocycles. The van der Waals surface area contributed by atoms with Crippen molar-refractivity contribution < 1.29 is 13.2 Å². The summed E-state index contributed by atoms with van der Waals surface area (Å²) in [5.74, 6) is -0.272. The standard InChI is InChI=1S/C10H14N2O3S2/c1-17(14,15)12-7-6-11-10(13)8-4-2-3-5-9(8)16/h2-5,12,16H,6-7H2,1H3,(H,11,13). The van der Waals surface area contributed by atoms with Gasteiger partial charge in [-0.2, -0.15) is 0 Å². The van der Waals surface area contributed by atoms with Crippen molar-refractivity contribution in [2.24, 2.45) is 0 Å². The SMILES string of the molecule is CS(=O)(=O)NCCNC(=O)c1ccccc1S. The Balaban J connectivity index is 2.44. The zero-order valence-electron chi connectivity index (χ0n) is 9.30. The summed E-state index contributed by atoms with van der Waals surface area (Å²) in [4.78, 5) is 12.2. The van der Waals surface area contributed by atoms with Crippen molar-refractivity contribution in [2.75, 3.05) is 19.3 Å². The topological polar surface area (TPSA) is 75.3 Å². The second-order valence-electron chi connectivity index (χ2n) is 3.44. The van der Waals surface area contributed by atoms with Crippen LogP contribution in [-0.2, 0) is 10.0 Å². The summed E-state index contributed by atoms with van der Waals surface area (Å²) in [7, 11) is -3.21. The van der Waals surface area contributed by atoms with Gasteiger partial charge in [0.15, 0.2) is 0 Å². The Hall–Kier alpha value is -1.05. The van der Waals surface area contributed by atoms with Gasteiger partial charge in [0, 0.05) is 18.0 Å². The van der Waals surface area contributed by atoms with Crippen LogP contribution in [0.15, 0.2) is 29.2 Å². The van der Waals surface area contributed by atoms with Crippen LogP contribution >= 0.6 is 12.6 Å². The van der Waals surface area contributed by atoms with E-state index in [2.05, 4.69) is 22.7 Å². The quantitative estimate of drug-likeness (QED) is 0.532.